The summed E-state index contributed by atoms with van der Waals surface area (Å²) in [5.41, 5.74) is 4.90. The van der Waals surface area contributed by atoms with Gasteiger partial charge in [-0.1, -0.05) is 11.8 Å². The maximum atomic E-state index is 12.7. The minimum Gasteiger partial charge on any atom is -0.466 e. The highest BCUT2D eigenvalue weighted by atomic mass is 35.5. The van der Waals surface area contributed by atoms with Gasteiger partial charge in [0.25, 0.3) is 0 Å². The molecule has 3 rings (SSSR count). The van der Waals surface area contributed by atoms with Gasteiger partial charge in [-0.15, -0.1) is 17.5 Å². The highest BCUT2D eigenvalue weighted by Gasteiger charge is 2.74. The van der Waals surface area contributed by atoms with Crippen molar-refractivity contribution in [3.05, 3.63) is 5.82 Å². The number of aromatic nitrogens is 3. The van der Waals surface area contributed by atoms with Crippen molar-refractivity contribution in [2.24, 2.45) is 23.5 Å². The number of halogens is 4. The van der Waals surface area contributed by atoms with Crippen LogP contribution < -0.4 is 5.73 Å². The van der Waals surface area contributed by atoms with E-state index in [1.165, 1.54) is 0 Å². The fraction of sp³-hybridized carbons (Fsp3) is 0.733. The Balaban J connectivity index is 0.00000280. The quantitative estimate of drug-likeness (QED) is 0.637. The summed E-state index contributed by atoms with van der Waals surface area (Å²) in [6, 6.07) is 0. The van der Waals surface area contributed by atoms with Crippen LogP contribution in [-0.4, -0.2) is 51.1 Å². The Morgan fingerprint density at radius 2 is 1.96 bits per heavy atom. The normalized spacial score (nSPS) is 30.9. The van der Waals surface area contributed by atoms with E-state index in [9.17, 15) is 22.8 Å². The molecule has 1 aromatic rings. The maximum absolute atomic E-state index is 12.7. The molecule has 0 aromatic carbocycles. The monoisotopic (exact) mass is 444 g/mol. The molecule has 2 aliphatic carbocycles. The first-order valence-electron chi connectivity index (χ1n) is 8.42. The zero-order chi connectivity index (χ0) is 20.0. The van der Waals surface area contributed by atoms with Gasteiger partial charge in [-0.3, -0.25) is 14.7 Å². The third-order valence-electron chi connectivity index (χ3n) is 4.84. The molecule has 13 heteroatoms. The summed E-state index contributed by atoms with van der Waals surface area (Å²) in [6.07, 6.45) is -4.49. The van der Waals surface area contributed by atoms with E-state index in [0.29, 0.717) is 0 Å². The molecule has 1 heterocycles. The van der Waals surface area contributed by atoms with E-state index in [4.69, 9.17) is 15.2 Å². The minimum atomic E-state index is -4.64. The molecule has 0 saturated heterocycles. The van der Waals surface area contributed by atoms with Crippen LogP contribution >= 0.6 is 24.2 Å². The number of alkyl halides is 3. The second-order valence-corrected chi connectivity index (χ2v) is 7.67. The SMILES string of the molecule is CCOC(=O)[C@H]1[C@H]2[C@@H]1[C@](N)(C(=O)OCC)C[C@H]2Sc1n[nH]c(C(F)(F)F)n1.Cl. The number of carbonyl (C=O) groups excluding carboxylic acids is 2. The van der Waals surface area contributed by atoms with E-state index in [-0.39, 0.29) is 43.1 Å². The van der Waals surface area contributed by atoms with Crippen molar-refractivity contribution in [2.45, 2.75) is 42.4 Å². The lowest BCUT2D eigenvalue weighted by atomic mass is 9.91. The first-order valence-corrected chi connectivity index (χ1v) is 9.30. The van der Waals surface area contributed by atoms with E-state index >= 15 is 0 Å². The number of rotatable bonds is 6. The van der Waals surface area contributed by atoms with Gasteiger partial charge in [-0.2, -0.15) is 18.2 Å². The third kappa shape index (κ3) is 3.94. The van der Waals surface area contributed by atoms with Gasteiger partial charge in [0.15, 0.2) is 0 Å². The Morgan fingerprint density at radius 3 is 2.50 bits per heavy atom. The average Bonchev–Trinajstić information content (AvgIpc) is 3.04. The highest BCUT2D eigenvalue weighted by Crippen LogP contribution is 2.65. The molecular formula is C15H20ClF3N4O4S. The highest BCUT2D eigenvalue weighted by molar-refractivity contribution is 7.99. The van der Waals surface area contributed by atoms with Crippen molar-refractivity contribution in [1.29, 1.82) is 0 Å². The number of carbonyl (C=O) groups is 2. The number of H-pyrrole nitrogens is 1. The van der Waals surface area contributed by atoms with Gasteiger partial charge in [0, 0.05) is 11.2 Å². The lowest BCUT2D eigenvalue weighted by Crippen LogP contribution is -2.51. The topological polar surface area (TPSA) is 120 Å². The van der Waals surface area contributed by atoms with E-state index < -0.39 is 46.6 Å². The van der Waals surface area contributed by atoms with Crippen molar-refractivity contribution in [3.63, 3.8) is 0 Å². The zero-order valence-corrected chi connectivity index (χ0v) is 16.6. The molecule has 0 amide bonds. The fourth-order valence-electron chi connectivity index (χ4n) is 3.77. The number of hydrogen-bond donors (Lipinski definition) is 2. The first-order chi connectivity index (χ1) is 12.6. The van der Waals surface area contributed by atoms with Gasteiger partial charge in [0.2, 0.25) is 11.0 Å². The van der Waals surface area contributed by atoms with E-state index in [1.807, 2.05) is 5.10 Å². The lowest BCUT2D eigenvalue weighted by molar-refractivity contribution is -0.151. The van der Waals surface area contributed by atoms with Crippen molar-refractivity contribution in [3.8, 4) is 0 Å². The summed E-state index contributed by atoms with van der Waals surface area (Å²) in [4.78, 5) is 28.0. The third-order valence-corrected chi connectivity index (χ3v) is 6.02. The van der Waals surface area contributed by atoms with Crippen LogP contribution in [0.15, 0.2) is 5.16 Å². The first kappa shape index (κ1) is 22.8. The summed E-state index contributed by atoms with van der Waals surface area (Å²) in [5, 5.41) is 4.89. The van der Waals surface area contributed by atoms with Crippen LogP contribution in [-0.2, 0) is 25.2 Å². The number of nitrogens with two attached hydrogens (primary N) is 1. The van der Waals surface area contributed by atoms with Crippen LogP contribution in [0.1, 0.15) is 26.1 Å². The van der Waals surface area contributed by atoms with Crippen molar-refractivity contribution < 1.29 is 32.2 Å². The molecule has 0 aliphatic heterocycles. The van der Waals surface area contributed by atoms with Gasteiger partial charge >= 0.3 is 18.1 Å². The van der Waals surface area contributed by atoms with Gasteiger partial charge in [0.1, 0.15) is 5.54 Å². The van der Waals surface area contributed by atoms with Crippen molar-refractivity contribution in [1.82, 2.24) is 15.2 Å². The Labute approximate surface area is 168 Å². The number of nitrogens with zero attached hydrogens (tertiary/aromatic N) is 2. The van der Waals surface area contributed by atoms with E-state index in [0.717, 1.165) is 11.8 Å². The molecule has 2 saturated carbocycles. The predicted molar refractivity (Wildman–Crippen MR) is 93.5 cm³/mol. The van der Waals surface area contributed by atoms with Crippen molar-refractivity contribution >= 4 is 36.1 Å². The fourth-order valence-corrected chi connectivity index (χ4v) is 5.14. The molecule has 158 valence electrons. The van der Waals surface area contributed by atoms with Crippen LogP contribution in [0.2, 0.25) is 0 Å². The van der Waals surface area contributed by atoms with E-state index in [2.05, 4.69) is 10.1 Å². The summed E-state index contributed by atoms with van der Waals surface area (Å²) in [5.74, 6) is -3.68. The number of aromatic amines is 1. The van der Waals surface area contributed by atoms with Crippen LogP contribution in [0.3, 0.4) is 0 Å². The number of ether oxygens (including phenoxy) is 2. The summed E-state index contributed by atoms with van der Waals surface area (Å²) in [6.45, 7) is 3.62. The molecule has 8 nitrogen and oxygen atoms in total. The van der Waals surface area contributed by atoms with Gasteiger partial charge in [-0.05, 0) is 26.2 Å². The number of fused-ring (bicyclic) bond motifs is 1. The molecule has 3 N–H and O–H groups in total. The molecule has 5 atom stereocenters. The summed E-state index contributed by atoms with van der Waals surface area (Å²) >= 11 is 0.966. The molecule has 2 aliphatic rings. The predicted octanol–water partition coefficient (Wildman–Crippen LogP) is 1.80. The summed E-state index contributed by atoms with van der Waals surface area (Å²) in [7, 11) is 0. The van der Waals surface area contributed by atoms with Gasteiger partial charge < -0.3 is 15.2 Å². The molecule has 0 bridgehead atoms. The largest absolute Gasteiger partial charge is 0.466 e. The standard InChI is InChI=1S/C15H19F3N4O4S.ClH/c1-3-25-10(23)8-7-6(5-14(19,9(7)8)12(24)26-4-2)27-13-20-11(21-22-13)15(16,17)18;/h6-9H,3-5,19H2,1-2H3,(H,20,21,22);1H/t6-,7+,8+,9+,14+;/m1./s1. The van der Waals surface area contributed by atoms with E-state index in [1.54, 1.807) is 13.8 Å². The molecular weight excluding hydrogens is 425 g/mol. The van der Waals surface area contributed by atoms with Crippen LogP contribution in [0.25, 0.3) is 0 Å². The number of esters is 2. The van der Waals surface area contributed by atoms with Crippen molar-refractivity contribution in [2.75, 3.05) is 13.2 Å². The number of thioether (sulfide) groups is 1. The molecule has 28 heavy (non-hydrogen) atoms. The molecule has 0 radical (unpaired) electrons. The molecule has 2 fully saturated rings. The number of hydrogen-bond acceptors (Lipinski definition) is 8. The number of nitrogens with one attached hydrogen (secondary N) is 1. The van der Waals surface area contributed by atoms with Gasteiger partial charge in [-0.25, -0.2) is 0 Å². The smallest absolute Gasteiger partial charge is 0.451 e. The molecule has 1 aromatic heterocycles. The van der Waals surface area contributed by atoms with Gasteiger partial charge in [0.05, 0.1) is 19.1 Å². The maximum Gasteiger partial charge on any atom is 0.451 e. The Bertz CT molecular complexity index is 749. The zero-order valence-electron chi connectivity index (χ0n) is 15.0. The average molecular weight is 445 g/mol. The molecule has 0 unspecified atom stereocenters. The molecule has 0 spiro atoms. The summed E-state index contributed by atoms with van der Waals surface area (Å²) < 4.78 is 48.1. The second-order valence-electron chi connectivity index (χ2n) is 6.47. The van der Waals surface area contributed by atoms with Crippen LogP contribution in [0, 0.1) is 17.8 Å². The van der Waals surface area contributed by atoms with Crippen LogP contribution in [0.5, 0.6) is 0 Å². The Hall–Kier alpha value is -1.53. The minimum absolute atomic E-state index is 0. The lowest BCUT2D eigenvalue weighted by Gasteiger charge is -2.26. The Morgan fingerprint density at radius 1 is 1.32 bits per heavy atom. The second kappa shape index (κ2) is 8.07. The van der Waals surface area contributed by atoms with Crippen LogP contribution in [0.4, 0.5) is 13.2 Å². The Kier molecular flexibility index (Phi) is 6.56.